The van der Waals surface area contributed by atoms with E-state index in [0.29, 0.717) is 24.4 Å². The van der Waals surface area contributed by atoms with Gasteiger partial charge in [-0.25, -0.2) is 0 Å². The number of carbonyl (C=O) groups is 1. The van der Waals surface area contributed by atoms with E-state index in [2.05, 4.69) is 0 Å². The average molecular weight is 274 g/mol. The molecule has 0 unspecified atom stereocenters. The third-order valence-corrected chi connectivity index (χ3v) is 3.25. The highest BCUT2D eigenvalue weighted by Gasteiger charge is 2.08. The second-order valence-electron chi connectivity index (χ2n) is 4.49. The first-order valence-corrected chi connectivity index (χ1v) is 6.60. The molecule has 2 aromatic rings. The Morgan fingerprint density at radius 3 is 2.42 bits per heavy atom. The first-order valence-electron chi connectivity index (χ1n) is 6.22. The van der Waals surface area contributed by atoms with Crippen LogP contribution >= 0.6 is 11.6 Å². The minimum Gasteiger partial charge on any atom is -0.326 e. The molecular formula is C16H16ClNO. The predicted octanol–water partition coefficient (Wildman–Crippen LogP) is 3.15. The zero-order valence-corrected chi connectivity index (χ0v) is 11.4. The lowest BCUT2D eigenvalue weighted by atomic mass is 9.99. The van der Waals surface area contributed by atoms with Gasteiger partial charge in [-0.3, -0.25) is 4.79 Å². The Kier molecular flexibility index (Phi) is 4.72. The van der Waals surface area contributed by atoms with E-state index in [4.69, 9.17) is 17.3 Å². The maximum absolute atomic E-state index is 12.1. The summed E-state index contributed by atoms with van der Waals surface area (Å²) in [7, 11) is 0. The van der Waals surface area contributed by atoms with Crippen molar-refractivity contribution in [2.75, 3.05) is 0 Å². The lowest BCUT2D eigenvalue weighted by Crippen LogP contribution is -2.10. The van der Waals surface area contributed by atoms with Gasteiger partial charge in [0.2, 0.25) is 0 Å². The van der Waals surface area contributed by atoms with Gasteiger partial charge in [-0.15, -0.1) is 0 Å². The summed E-state index contributed by atoms with van der Waals surface area (Å²) in [5, 5.41) is 0.660. The van der Waals surface area contributed by atoms with Crippen molar-refractivity contribution < 1.29 is 4.79 Å². The van der Waals surface area contributed by atoms with Gasteiger partial charge in [0.15, 0.2) is 0 Å². The van der Waals surface area contributed by atoms with E-state index in [0.717, 1.165) is 16.7 Å². The van der Waals surface area contributed by atoms with Gasteiger partial charge in [0.1, 0.15) is 5.78 Å². The zero-order valence-electron chi connectivity index (χ0n) is 10.6. The molecule has 2 nitrogen and oxygen atoms in total. The maximum atomic E-state index is 12.1. The van der Waals surface area contributed by atoms with Crippen molar-refractivity contribution in [3.05, 3.63) is 70.2 Å². The molecule has 0 radical (unpaired) electrons. The van der Waals surface area contributed by atoms with E-state index in [-0.39, 0.29) is 5.78 Å². The Morgan fingerprint density at radius 1 is 1.00 bits per heavy atom. The molecule has 2 N–H and O–H groups in total. The van der Waals surface area contributed by atoms with Crippen LogP contribution in [-0.4, -0.2) is 5.78 Å². The first-order chi connectivity index (χ1) is 9.19. The number of hydrogen-bond acceptors (Lipinski definition) is 2. The maximum Gasteiger partial charge on any atom is 0.141 e. The normalized spacial score (nSPS) is 10.4. The summed E-state index contributed by atoms with van der Waals surface area (Å²) in [6, 6.07) is 15.2. The van der Waals surface area contributed by atoms with Crippen molar-refractivity contribution in [1.29, 1.82) is 0 Å². The summed E-state index contributed by atoms with van der Waals surface area (Å²) < 4.78 is 0. The van der Waals surface area contributed by atoms with Crippen LogP contribution in [0.1, 0.15) is 16.7 Å². The zero-order chi connectivity index (χ0) is 13.7. The lowest BCUT2D eigenvalue weighted by Gasteiger charge is -2.07. The van der Waals surface area contributed by atoms with Crippen molar-refractivity contribution in [2.24, 2.45) is 5.73 Å². The number of ketones is 1. The third-order valence-electron chi connectivity index (χ3n) is 3.02. The SMILES string of the molecule is NCc1ccccc1CC(=O)Cc1cccc(Cl)c1. The largest absolute Gasteiger partial charge is 0.326 e. The molecule has 0 aliphatic carbocycles. The van der Waals surface area contributed by atoms with Gasteiger partial charge in [-0.05, 0) is 28.8 Å². The van der Waals surface area contributed by atoms with Crippen LogP contribution in [0.25, 0.3) is 0 Å². The molecule has 0 spiro atoms. The van der Waals surface area contributed by atoms with E-state index in [9.17, 15) is 4.79 Å². The summed E-state index contributed by atoms with van der Waals surface area (Å²) in [6.07, 6.45) is 0.819. The number of hydrogen-bond donors (Lipinski definition) is 1. The summed E-state index contributed by atoms with van der Waals surface area (Å²) in [5.41, 5.74) is 8.66. The highest BCUT2D eigenvalue weighted by Crippen LogP contribution is 2.14. The molecule has 0 bridgehead atoms. The van der Waals surface area contributed by atoms with Gasteiger partial charge >= 0.3 is 0 Å². The standard InChI is InChI=1S/C16H16ClNO/c17-15-7-3-4-12(8-15)9-16(19)10-13-5-1-2-6-14(13)11-18/h1-8H,9-11,18H2. The Bertz CT molecular complexity index is 580. The lowest BCUT2D eigenvalue weighted by molar-refractivity contribution is -0.117. The van der Waals surface area contributed by atoms with Crippen LogP contribution in [0.3, 0.4) is 0 Å². The van der Waals surface area contributed by atoms with Crippen molar-refractivity contribution in [1.82, 2.24) is 0 Å². The van der Waals surface area contributed by atoms with Crippen LogP contribution < -0.4 is 5.73 Å². The number of Topliss-reactive ketones (excluding diaryl/α,β-unsaturated/α-hetero) is 1. The first kappa shape index (κ1) is 13.8. The van der Waals surface area contributed by atoms with Crippen molar-refractivity contribution in [2.45, 2.75) is 19.4 Å². The number of nitrogens with two attached hydrogens (primary N) is 1. The van der Waals surface area contributed by atoms with Gasteiger partial charge in [0.05, 0.1) is 0 Å². The molecule has 0 atom stereocenters. The smallest absolute Gasteiger partial charge is 0.141 e. The molecule has 0 aliphatic rings. The molecular weight excluding hydrogens is 258 g/mol. The van der Waals surface area contributed by atoms with Gasteiger partial charge in [0, 0.05) is 24.4 Å². The molecule has 3 heteroatoms. The summed E-state index contributed by atoms with van der Waals surface area (Å²) in [5.74, 6) is 0.170. The quantitative estimate of drug-likeness (QED) is 0.909. The van der Waals surface area contributed by atoms with Crippen LogP contribution in [0.2, 0.25) is 5.02 Å². The topological polar surface area (TPSA) is 43.1 Å². The third kappa shape index (κ3) is 3.91. The van der Waals surface area contributed by atoms with E-state index in [1.54, 1.807) is 6.07 Å². The van der Waals surface area contributed by atoms with Gasteiger partial charge < -0.3 is 5.73 Å². The van der Waals surface area contributed by atoms with E-state index in [1.807, 2.05) is 42.5 Å². The monoisotopic (exact) mass is 273 g/mol. The average Bonchev–Trinajstić information content (AvgIpc) is 2.39. The van der Waals surface area contributed by atoms with Gasteiger partial charge in [-0.1, -0.05) is 48.0 Å². The Hall–Kier alpha value is -1.64. The number of benzene rings is 2. The Balaban J connectivity index is 2.05. The molecule has 0 heterocycles. The molecule has 2 rings (SSSR count). The van der Waals surface area contributed by atoms with Crippen LogP contribution in [0, 0.1) is 0 Å². The molecule has 98 valence electrons. The number of carbonyl (C=O) groups excluding carboxylic acids is 1. The fourth-order valence-corrected chi connectivity index (χ4v) is 2.29. The van der Waals surface area contributed by atoms with E-state index < -0.39 is 0 Å². The summed E-state index contributed by atoms with van der Waals surface area (Å²) in [4.78, 5) is 12.1. The predicted molar refractivity (Wildman–Crippen MR) is 78.2 cm³/mol. The fourth-order valence-electron chi connectivity index (χ4n) is 2.08. The van der Waals surface area contributed by atoms with E-state index in [1.165, 1.54) is 0 Å². The van der Waals surface area contributed by atoms with E-state index >= 15 is 0 Å². The highest BCUT2D eigenvalue weighted by atomic mass is 35.5. The highest BCUT2D eigenvalue weighted by molar-refractivity contribution is 6.30. The second kappa shape index (κ2) is 6.50. The van der Waals surface area contributed by atoms with Crippen LogP contribution in [0.15, 0.2) is 48.5 Å². The Labute approximate surface area is 118 Å². The van der Waals surface area contributed by atoms with Crippen LogP contribution in [0.5, 0.6) is 0 Å². The fraction of sp³-hybridized carbons (Fsp3) is 0.188. The number of rotatable bonds is 5. The summed E-state index contributed by atoms with van der Waals surface area (Å²) in [6.45, 7) is 0.459. The molecule has 19 heavy (non-hydrogen) atoms. The van der Waals surface area contributed by atoms with Crippen molar-refractivity contribution in [3.63, 3.8) is 0 Å². The van der Waals surface area contributed by atoms with Gasteiger partial charge in [0.25, 0.3) is 0 Å². The molecule has 0 fully saturated rings. The molecule has 0 amide bonds. The summed E-state index contributed by atoms with van der Waals surface area (Å²) >= 11 is 5.91. The number of halogens is 1. The molecule has 0 aliphatic heterocycles. The van der Waals surface area contributed by atoms with Crippen molar-refractivity contribution in [3.8, 4) is 0 Å². The molecule has 0 saturated heterocycles. The minimum absolute atomic E-state index is 0.170. The Morgan fingerprint density at radius 2 is 1.74 bits per heavy atom. The molecule has 2 aromatic carbocycles. The van der Waals surface area contributed by atoms with Gasteiger partial charge in [-0.2, -0.15) is 0 Å². The van der Waals surface area contributed by atoms with Crippen LogP contribution in [-0.2, 0) is 24.2 Å². The molecule has 0 saturated carbocycles. The molecule has 0 aromatic heterocycles. The minimum atomic E-state index is 0.170. The second-order valence-corrected chi connectivity index (χ2v) is 4.93. The van der Waals surface area contributed by atoms with Crippen LogP contribution in [0.4, 0.5) is 0 Å². The van der Waals surface area contributed by atoms with Crippen molar-refractivity contribution >= 4 is 17.4 Å².